The minimum Gasteiger partial charge on any atom is -0.306 e. The maximum Gasteiger partial charge on any atom is 0.0991 e. The average molecular weight is 315 g/mol. The molecule has 3 heteroatoms. The van der Waals surface area contributed by atoms with Gasteiger partial charge in [0.25, 0.3) is 0 Å². The fourth-order valence-electron chi connectivity index (χ4n) is 1.96. The minimum absolute atomic E-state index is 0.251. The average Bonchev–Trinajstić information content (AvgIpc) is 2.45. The maximum absolute atomic E-state index is 8.88. The first-order chi connectivity index (χ1) is 9.20. The molecule has 0 aliphatic carbocycles. The molecule has 0 amide bonds. The van der Waals surface area contributed by atoms with Crippen molar-refractivity contribution in [3.05, 3.63) is 69.7 Å². The van der Waals surface area contributed by atoms with Crippen molar-refractivity contribution in [1.82, 2.24) is 5.32 Å². The van der Waals surface area contributed by atoms with Crippen molar-refractivity contribution >= 4 is 15.9 Å². The van der Waals surface area contributed by atoms with Crippen LogP contribution >= 0.6 is 15.9 Å². The molecule has 0 unspecified atom stereocenters. The third-order valence-corrected chi connectivity index (χ3v) is 3.76. The Kier molecular flexibility index (Phi) is 4.73. The molecule has 0 bridgehead atoms. The number of nitrogens with zero attached hydrogens (tertiary/aromatic N) is 1. The highest BCUT2D eigenvalue weighted by molar-refractivity contribution is 9.10. The van der Waals surface area contributed by atoms with Crippen molar-refractivity contribution < 1.29 is 0 Å². The highest BCUT2D eigenvalue weighted by atomic mass is 79.9. The van der Waals surface area contributed by atoms with Crippen molar-refractivity contribution in [2.75, 3.05) is 0 Å². The van der Waals surface area contributed by atoms with Crippen molar-refractivity contribution in [2.24, 2.45) is 0 Å². The second-order valence-corrected chi connectivity index (χ2v) is 5.29. The molecule has 2 aromatic carbocycles. The van der Waals surface area contributed by atoms with Crippen molar-refractivity contribution in [1.29, 1.82) is 5.26 Å². The Labute approximate surface area is 122 Å². The quantitative estimate of drug-likeness (QED) is 0.919. The van der Waals surface area contributed by atoms with Gasteiger partial charge >= 0.3 is 0 Å². The zero-order chi connectivity index (χ0) is 13.7. The second-order valence-electron chi connectivity index (χ2n) is 4.44. The molecule has 0 aromatic heterocycles. The van der Waals surface area contributed by atoms with E-state index in [-0.39, 0.29) is 6.04 Å². The maximum atomic E-state index is 8.88. The van der Waals surface area contributed by atoms with Gasteiger partial charge < -0.3 is 5.32 Å². The second kappa shape index (κ2) is 6.51. The van der Waals surface area contributed by atoms with E-state index >= 15 is 0 Å². The molecule has 1 N–H and O–H groups in total. The fraction of sp³-hybridized carbons (Fsp3) is 0.188. The van der Waals surface area contributed by atoms with Crippen LogP contribution in [0, 0.1) is 11.3 Å². The molecule has 2 aromatic rings. The van der Waals surface area contributed by atoms with E-state index in [1.807, 2.05) is 42.5 Å². The first kappa shape index (κ1) is 13.8. The summed E-state index contributed by atoms with van der Waals surface area (Å²) >= 11 is 3.56. The normalized spacial score (nSPS) is 11.8. The smallest absolute Gasteiger partial charge is 0.0991 e. The van der Waals surface area contributed by atoms with Crippen LogP contribution < -0.4 is 5.32 Å². The van der Waals surface area contributed by atoms with Crippen LogP contribution in [-0.2, 0) is 6.54 Å². The molecule has 96 valence electrons. The monoisotopic (exact) mass is 314 g/mol. The molecule has 0 aliphatic rings. The zero-order valence-electron chi connectivity index (χ0n) is 10.7. The van der Waals surface area contributed by atoms with Crippen LogP contribution in [0.3, 0.4) is 0 Å². The third-order valence-electron chi connectivity index (χ3n) is 3.04. The first-order valence-corrected chi connectivity index (χ1v) is 6.97. The SMILES string of the molecule is C[C@@H](NCc1cccc(C#N)c1)c1ccccc1Br. The lowest BCUT2D eigenvalue weighted by atomic mass is 10.1. The largest absolute Gasteiger partial charge is 0.306 e. The predicted molar refractivity (Wildman–Crippen MR) is 80.6 cm³/mol. The molecule has 0 fully saturated rings. The fourth-order valence-corrected chi connectivity index (χ4v) is 2.59. The van der Waals surface area contributed by atoms with Crippen molar-refractivity contribution in [3.8, 4) is 6.07 Å². The van der Waals surface area contributed by atoms with Gasteiger partial charge in [0.05, 0.1) is 11.6 Å². The summed E-state index contributed by atoms with van der Waals surface area (Å²) < 4.78 is 1.11. The first-order valence-electron chi connectivity index (χ1n) is 6.17. The number of hydrogen-bond donors (Lipinski definition) is 1. The molecule has 0 heterocycles. The molecule has 0 saturated heterocycles. The molecule has 0 spiro atoms. The summed E-state index contributed by atoms with van der Waals surface area (Å²) in [5, 5.41) is 12.3. The molecule has 0 radical (unpaired) electrons. The van der Waals surface area contributed by atoms with Crippen LogP contribution in [0.5, 0.6) is 0 Å². The lowest BCUT2D eigenvalue weighted by Gasteiger charge is -2.16. The highest BCUT2D eigenvalue weighted by Gasteiger charge is 2.07. The Morgan fingerprint density at radius 3 is 2.74 bits per heavy atom. The molecule has 1 atom stereocenters. The summed E-state index contributed by atoms with van der Waals surface area (Å²) in [6.45, 7) is 2.88. The molecule has 0 saturated carbocycles. The van der Waals surface area contributed by atoms with Crippen molar-refractivity contribution in [2.45, 2.75) is 19.5 Å². The Morgan fingerprint density at radius 2 is 2.00 bits per heavy atom. The van der Waals surface area contributed by atoms with Crippen LogP contribution in [0.15, 0.2) is 53.0 Å². The Morgan fingerprint density at radius 1 is 1.21 bits per heavy atom. The molecule has 19 heavy (non-hydrogen) atoms. The van der Waals surface area contributed by atoms with Gasteiger partial charge in [-0.25, -0.2) is 0 Å². The number of hydrogen-bond acceptors (Lipinski definition) is 2. The number of halogens is 1. The number of benzene rings is 2. The molecular formula is C16H15BrN2. The van der Waals surface area contributed by atoms with Crippen LogP contribution in [-0.4, -0.2) is 0 Å². The van der Waals surface area contributed by atoms with E-state index in [4.69, 9.17) is 5.26 Å². The molecule has 2 rings (SSSR count). The van der Waals surface area contributed by atoms with E-state index < -0.39 is 0 Å². The van der Waals surface area contributed by atoms with Gasteiger partial charge in [-0.2, -0.15) is 5.26 Å². The summed E-state index contributed by atoms with van der Waals surface area (Å²) in [6.07, 6.45) is 0. The Balaban J connectivity index is 2.03. The Hall–Kier alpha value is -1.63. The predicted octanol–water partition coefficient (Wildman–Crippen LogP) is 4.17. The van der Waals surface area contributed by atoms with Gasteiger partial charge in [-0.15, -0.1) is 0 Å². The van der Waals surface area contributed by atoms with Crippen LogP contribution in [0.1, 0.15) is 29.7 Å². The van der Waals surface area contributed by atoms with Crippen LogP contribution in [0.25, 0.3) is 0 Å². The molecule has 0 aliphatic heterocycles. The van der Waals surface area contributed by atoms with Gasteiger partial charge in [0.2, 0.25) is 0 Å². The minimum atomic E-state index is 0.251. The molecular weight excluding hydrogens is 300 g/mol. The Bertz CT molecular complexity index is 602. The van der Waals surface area contributed by atoms with Gasteiger partial charge in [0.15, 0.2) is 0 Å². The lowest BCUT2D eigenvalue weighted by Crippen LogP contribution is -2.18. The van der Waals surface area contributed by atoms with E-state index in [1.54, 1.807) is 0 Å². The van der Waals surface area contributed by atoms with Gasteiger partial charge in [-0.3, -0.25) is 0 Å². The topological polar surface area (TPSA) is 35.8 Å². The summed E-state index contributed by atoms with van der Waals surface area (Å²) in [6, 6.07) is 18.3. The van der Waals surface area contributed by atoms with E-state index in [1.165, 1.54) is 5.56 Å². The van der Waals surface area contributed by atoms with E-state index in [9.17, 15) is 0 Å². The van der Waals surface area contributed by atoms with Gasteiger partial charge in [0, 0.05) is 17.1 Å². The lowest BCUT2D eigenvalue weighted by molar-refractivity contribution is 0.573. The zero-order valence-corrected chi connectivity index (χ0v) is 12.3. The van der Waals surface area contributed by atoms with Crippen molar-refractivity contribution in [3.63, 3.8) is 0 Å². The van der Waals surface area contributed by atoms with E-state index in [2.05, 4.69) is 40.3 Å². The number of nitriles is 1. The number of nitrogens with one attached hydrogen (secondary N) is 1. The molecule has 2 nitrogen and oxygen atoms in total. The summed E-state index contributed by atoms with van der Waals surface area (Å²) in [5.41, 5.74) is 3.06. The van der Waals surface area contributed by atoms with Crippen LogP contribution in [0.4, 0.5) is 0 Å². The van der Waals surface area contributed by atoms with E-state index in [0.717, 1.165) is 16.6 Å². The summed E-state index contributed by atoms with van der Waals surface area (Å²) in [4.78, 5) is 0. The van der Waals surface area contributed by atoms with Gasteiger partial charge in [-0.1, -0.05) is 46.3 Å². The van der Waals surface area contributed by atoms with Gasteiger partial charge in [-0.05, 0) is 36.2 Å². The van der Waals surface area contributed by atoms with Gasteiger partial charge in [0.1, 0.15) is 0 Å². The van der Waals surface area contributed by atoms with Crippen LogP contribution in [0.2, 0.25) is 0 Å². The number of rotatable bonds is 4. The third kappa shape index (κ3) is 3.66. The highest BCUT2D eigenvalue weighted by Crippen LogP contribution is 2.22. The summed E-state index contributed by atoms with van der Waals surface area (Å²) in [7, 11) is 0. The van der Waals surface area contributed by atoms with E-state index in [0.29, 0.717) is 5.56 Å². The standard InChI is InChI=1S/C16H15BrN2/c1-12(15-7-2-3-8-16(15)17)19-11-14-6-4-5-13(9-14)10-18/h2-9,12,19H,11H2,1H3/t12-/m1/s1. The summed E-state index contributed by atoms with van der Waals surface area (Å²) in [5.74, 6) is 0.